The van der Waals surface area contributed by atoms with Crippen molar-refractivity contribution < 1.29 is 4.74 Å². The van der Waals surface area contributed by atoms with Crippen LogP contribution >= 0.6 is 0 Å². The maximum atomic E-state index is 5.93. The van der Waals surface area contributed by atoms with Crippen molar-refractivity contribution in [3.8, 4) is 5.75 Å². The summed E-state index contributed by atoms with van der Waals surface area (Å²) in [5.74, 6) is 0.775. The smallest absolute Gasteiger partial charge is 0.142 e. The maximum absolute atomic E-state index is 5.93. The Kier molecular flexibility index (Phi) is 4.40. The van der Waals surface area contributed by atoms with E-state index in [0.717, 1.165) is 17.1 Å². The Balaban J connectivity index is 2.21. The van der Waals surface area contributed by atoms with Gasteiger partial charge in [-0.3, -0.25) is 4.98 Å². The first-order valence-electron chi connectivity index (χ1n) is 6.87. The van der Waals surface area contributed by atoms with Crippen molar-refractivity contribution in [2.45, 2.75) is 40.8 Å². The second-order valence-corrected chi connectivity index (χ2v) is 5.27. The zero-order chi connectivity index (χ0) is 14.7. The third-order valence-electron chi connectivity index (χ3n) is 3.48. The third kappa shape index (κ3) is 3.17. The van der Waals surface area contributed by atoms with E-state index in [1.54, 1.807) is 0 Å². The molecule has 1 aromatic heterocycles. The van der Waals surface area contributed by atoms with Crippen LogP contribution in [-0.2, 0) is 13.2 Å². The average molecular weight is 270 g/mol. The highest BCUT2D eigenvalue weighted by Crippen LogP contribution is 2.21. The Morgan fingerprint density at radius 2 is 1.70 bits per heavy atom. The van der Waals surface area contributed by atoms with Crippen LogP contribution in [-0.4, -0.2) is 4.98 Å². The summed E-state index contributed by atoms with van der Waals surface area (Å²) in [7, 11) is 0. The molecule has 0 spiro atoms. The molecular weight excluding hydrogens is 248 g/mol. The van der Waals surface area contributed by atoms with E-state index >= 15 is 0 Å². The fraction of sp³-hybridized carbons (Fsp3) is 0.353. The number of rotatable bonds is 4. The van der Waals surface area contributed by atoms with Crippen LogP contribution in [0.15, 0.2) is 24.3 Å². The highest BCUT2D eigenvalue weighted by atomic mass is 16.5. The molecule has 1 aromatic carbocycles. The quantitative estimate of drug-likeness (QED) is 0.926. The molecule has 0 unspecified atom stereocenters. The molecule has 0 saturated carbocycles. The minimum absolute atomic E-state index is 0.392. The highest BCUT2D eigenvalue weighted by molar-refractivity contribution is 5.38. The van der Waals surface area contributed by atoms with E-state index in [1.807, 2.05) is 19.1 Å². The fourth-order valence-corrected chi connectivity index (χ4v) is 2.46. The standard InChI is InChI=1S/C17H22N2O/c1-11-7-12(2)15(13(3)8-11)10-20-17-6-5-14(4)19-16(17)9-18/h5-8H,9-10,18H2,1-4H3. The van der Waals surface area contributed by atoms with Gasteiger partial charge in [0.15, 0.2) is 0 Å². The second kappa shape index (κ2) is 6.06. The van der Waals surface area contributed by atoms with Gasteiger partial charge in [-0.25, -0.2) is 0 Å². The van der Waals surface area contributed by atoms with Gasteiger partial charge in [0.2, 0.25) is 0 Å². The zero-order valence-electron chi connectivity index (χ0n) is 12.7. The Labute approximate surface area is 120 Å². The molecule has 0 saturated heterocycles. The molecule has 0 aliphatic rings. The number of nitrogens with two attached hydrogens (primary N) is 1. The summed E-state index contributed by atoms with van der Waals surface area (Å²) < 4.78 is 5.93. The first kappa shape index (κ1) is 14.5. The first-order chi connectivity index (χ1) is 9.51. The minimum atomic E-state index is 0.392. The fourth-order valence-electron chi connectivity index (χ4n) is 2.46. The lowest BCUT2D eigenvalue weighted by molar-refractivity contribution is 0.299. The van der Waals surface area contributed by atoms with Crippen LogP contribution in [0, 0.1) is 27.7 Å². The molecule has 20 heavy (non-hydrogen) atoms. The Hall–Kier alpha value is -1.87. The van der Waals surface area contributed by atoms with Crippen LogP contribution in [0.3, 0.4) is 0 Å². The van der Waals surface area contributed by atoms with Gasteiger partial charge in [0.05, 0.1) is 5.69 Å². The van der Waals surface area contributed by atoms with Crippen molar-refractivity contribution in [2.75, 3.05) is 0 Å². The summed E-state index contributed by atoms with van der Waals surface area (Å²) in [5, 5.41) is 0. The monoisotopic (exact) mass is 270 g/mol. The SMILES string of the molecule is Cc1cc(C)c(COc2ccc(C)nc2CN)c(C)c1. The molecule has 106 valence electrons. The van der Waals surface area contributed by atoms with E-state index in [9.17, 15) is 0 Å². The van der Waals surface area contributed by atoms with Gasteiger partial charge >= 0.3 is 0 Å². The molecule has 0 fully saturated rings. The minimum Gasteiger partial charge on any atom is -0.487 e. The summed E-state index contributed by atoms with van der Waals surface area (Å²) in [6.07, 6.45) is 0. The van der Waals surface area contributed by atoms with Gasteiger partial charge in [-0.1, -0.05) is 17.7 Å². The summed E-state index contributed by atoms with van der Waals surface area (Å²) >= 11 is 0. The van der Waals surface area contributed by atoms with Gasteiger partial charge in [0.1, 0.15) is 12.4 Å². The number of benzene rings is 1. The predicted octanol–water partition coefficient (Wildman–Crippen LogP) is 3.35. The number of hydrogen-bond donors (Lipinski definition) is 1. The number of ether oxygens (including phenoxy) is 1. The van der Waals surface area contributed by atoms with Gasteiger partial charge in [-0.05, 0) is 56.5 Å². The van der Waals surface area contributed by atoms with Crippen LogP contribution in [0.2, 0.25) is 0 Å². The molecule has 0 atom stereocenters. The molecule has 2 rings (SSSR count). The van der Waals surface area contributed by atoms with E-state index in [1.165, 1.54) is 22.3 Å². The number of aryl methyl sites for hydroxylation is 4. The van der Waals surface area contributed by atoms with Crippen LogP contribution in [0.5, 0.6) is 5.75 Å². The van der Waals surface area contributed by atoms with Crippen LogP contribution < -0.4 is 10.5 Å². The van der Waals surface area contributed by atoms with Gasteiger partial charge in [0, 0.05) is 12.2 Å². The lowest BCUT2D eigenvalue weighted by Crippen LogP contribution is -2.07. The molecule has 0 amide bonds. The van der Waals surface area contributed by atoms with E-state index in [2.05, 4.69) is 37.9 Å². The van der Waals surface area contributed by atoms with Gasteiger partial charge in [-0.15, -0.1) is 0 Å². The summed E-state index contributed by atoms with van der Waals surface area (Å²) in [4.78, 5) is 4.41. The molecular formula is C17H22N2O. The van der Waals surface area contributed by atoms with Crippen molar-refractivity contribution in [1.29, 1.82) is 0 Å². The lowest BCUT2D eigenvalue weighted by atomic mass is 10.0. The Morgan fingerprint density at radius 3 is 2.30 bits per heavy atom. The number of nitrogens with zero attached hydrogens (tertiary/aromatic N) is 1. The molecule has 0 radical (unpaired) electrons. The summed E-state index contributed by atoms with van der Waals surface area (Å²) in [6, 6.07) is 8.26. The molecule has 2 N–H and O–H groups in total. The summed E-state index contributed by atoms with van der Waals surface area (Å²) in [6.45, 7) is 9.25. The Bertz CT molecular complexity index is 597. The maximum Gasteiger partial charge on any atom is 0.142 e. The van der Waals surface area contributed by atoms with Crippen LogP contribution in [0.25, 0.3) is 0 Å². The normalized spacial score (nSPS) is 10.7. The third-order valence-corrected chi connectivity index (χ3v) is 3.48. The molecule has 0 aliphatic heterocycles. The number of aromatic nitrogens is 1. The second-order valence-electron chi connectivity index (χ2n) is 5.27. The number of pyridine rings is 1. The van der Waals surface area contributed by atoms with Gasteiger partial charge < -0.3 is 10.5 Å². The first-order valence-corrected chi connectivity index (χ1v) is 6.87. The highest BCUT2D eigenvalue weighted by Gasteiger charge is 2.08. The topological polar surface area (TPSA) is 48.1 Å². The molecule has 3 heteroatoms. The molecule has 0 aliphatic carbocycles. The van der Waals surface area contributed by atoms with E-state index in [0.29, 0.717) is 13.2 Å². The van der Waals surface area contributed by atoms with Crippen molar-refractivity contribution >= 4 is 0 Å². The largest absolute Gasteiger partial charge is 0.487 e. The summed E-state index contributed by atoms with van der Waals surface area (Å²) in [5.41, 5.74) is 12.5. The van der Waals surface area contributed by atoms with E-state index in [4.69, 9.17) is 10.5 Å². The van der Waals surface area contributed by atoms with Gasteiger partial charge in [-0.2, -0.15) is 0 Å². The zero-order valence-corrected chi connectivity index (χ0v) is 12.7. The molecule has 2 aromatic rings. The molecule has 3 nitrogen and oxygen atoms in total. The number of hydrogen-bond acceptors (Lipinski definition) is 3. The van der Waals surface area contributed by atoms with Crippen LogP contribution in [0.1, 0.15) is 33.6 Å². The van der Waals surface area contributed by atoms with Crippen LogP contribution in [0.4, 0.5) is 0 Å². The van der Waals surface area contributed by atoms with Crippen molar-refractivity contribution in [1.82, 2.24) is 4.98 Å². The van der Waals surface area contributed by atoms with Gasteiger partial charge in [0.25, 0.3) is 0 Å². The van der Waals surface area contributed by atoms with E-state index < -0.39 is 0 Å². The van der Waals surface area contributed by atoms with Crippen molar-refractivity contribution in [3.63, 3.8) is 0 Å². The molecule has 0 bridgehead atoms. The Morgan fingerprint density at radius 1 is 1.05 bits per heavy atom. The average Bonchev–Trinajstić information content (AvgIpc) is 2.38. The van der Waals surface area contributed by atoms with Crippen molar-refractivity contribution in [3.05, 3.63) is 57.9 Å². The lowest BCUT2D eigenvalue weighted by Gasteiger charge is -2.14. The van der Waals surface area contributed by atoms with E-state index in [-0.39, 0.29) is 0 Å². The van der Waals surface area contributed by atoms with Crippen molar-refractivity contribution in [2.24, 2.45) is 5.73 Å². The predicted molar refractivity (Wildman–Crippen MR) is 81.9 cm³/mol. The molecule has 1 heterocycles.